The molecule has 2 N–H and O–H groups in total. The number of carbonyl (C=O) groups excluding carboxylic acids is 1. The summed E-state index contributed by atoms with van der Waals surface area (Å²) in [6.07, 6.45) is 7.93. The summed E-state index contributed by atoms with van der Waals surface area (Å²) in [5.74, 6) is 1.37. The van der Waals surface area contributed by atoms with Crippen molar-refractivity contribution in [3.63, 3.8) is 0 Å². The predicted octanol–water partition coefficient (Wildman–Crippen LogP) is 2.53. The lowest BCUT2D eigenvalue weighted by Crippen LogP contribution is -2.49. The Labute approximate surface area is 160 Å². The molecule has 1 unspecified atom stereocenters. The third kappa shape index (κ3) is 5.24. The van der Waals surface area contributed by atoms with Crippen molar-refractivity contribution in [1.82, 2.24) is 24.9 Å². The molecule has 0 saturated carbocycles. The number of anilines is 2. The normalized spacial score (nSPS) is 17.4. The van der Waals surface area contributed by atoms with Gasteiger partial charge in [0.15, 0.2) is 0 Å². The Morgan fingerprint density at radius 2 is 2.19 bits per heavy atom. The fourth-order valence-electron chi connectivity index (χ4n) is 3.44. The quantitative estimate of drug-likeness (QED) is 0.815. The van der Waals surface area contributed by atoms with Gasteiger partial charge in [0.2, 0.25) is 0 Å². The van der Waals surface area contributed by atoms with E-state index in [1.54, 1.807) is 9.36 Å². The highest BCUT2D eigenvalue weighted by Gasteiger charge is 2.22. The summed E-state index contributed by atoms with van der Waals surface area (Å²) in [6.45, 7) is 6.19. The second-order valence-corrected chi connectivity index (χ2v) is 7.83. The van der Waals surface area contributed by atoms with Crippen LogP contribution in [-0.4, -0.2) is 44.7 Å². The molecule has 0 aliphatic carbocycles. The zero-order chi connectivity index (χ0) is 19.4. The molecule has 0 aromatic carbocycles. The number of aromatic nitrogens is 4. The summed E-state index contributed by atoms with van der Waals surface area (Å²) in [4.78, 5) is 14.7. The first-order valence-corrected chi connectivity index (χ1v) is 9.74. The van der Waals surface area contributed by atoms with E-state index in [1.165, 1.54) is 0 Å². The Bertz CT molecular complexity index is 764. The molecule has 3 rings (SSSR count). The standard InChI is InChI=1S/C19H31N7O/c1-14(2)7-8-15-10-18(25(4)23-15)22-19(27)21-16-6-5-9-26(12-16)17-11-20-24(3)13-17/h10-11,13-14,16H,5-9,12H2,1-4H3,(H2,21,22,27). The van der Waals surface area contributed by atoms with Crippen LogP contribution in [0.2, 0.25) is 0 Å². The first-order chi connectivity index (χ1) is 12.9. The summed E-state index contributed by atoms with van der Waals surface area (Å²) in [5.41, 5.74) is 2.12. The first-order valence-electron chi connectivity index (χ1n) is 9.74. The summed E-state index contributed by atoms with van der Waals surface area (Å²) in [7, 11) is 3.78. The van der Waals surface area contributed by atoms with Crippen molar-refractivity contribution in [2.75, 3.05) is 23.3 Å². The van der Waals surface area contributed by atoms with Gasteiger partial charge in [0.05, 0.1) is 17.6 Å². The van der Waals surface area contributed by atoms with Crippen molar-refractivity contribution in [2.45, 2.75) is 45.6 Å². The van der Waals surface area contributed by atoms with Gasteiger partial charge in [-0.3, -0.25) is 14.7 Å². The number of amides is 2. The smallest absolute Gasteiger partial charge is 0.320 e. The number of urea groups is 1. The van der Waals surface area contributed by atoms with E-state index in [0.717, 1.165) is 56.0 Å². The van der Waals surface area contributed by atoms with Crippen molar-refractivity contribution in [1.29, 1.82) is 0 Å². The van der Waals surface area contributed by atoms with Gasteiger partial charge in [-0.2, -0.15) is 10.2 Å². The molecule has 2 aromatic heterocycles. The molecule has 0 radical (unpaired) electrons. The van der Waals surface area contributed by atoms with Crippen LogP contribution in [-0.2, 0) is 20.5 Å². The molecule has 1 atom stereocenters. The lowest BCUT2D eigenvalue weighted by Gasteiger charge is -2.33. The fourth-order valence-corrected chi connectivity index (χ4v) is 3.44. The van der Waals surface area contributed by atoms with Gasteiger partial charge in [0.1, 0.15) is 5.82 Å². The van der Waals surface area contributed by atoms with Crippen LogP contribution in [0.4, 0.5) is 16.3 Å². The van der Waals surface area contributed by atoms with E-state index in [2.05, 4.69) is 39.6 Å². The lowest BCUT2D eigenvalue weighted by atomic mass is 10.1. The second-order valence-electron chi connectivity index (χ2n) is 7.83. The predicted molar refractivity (Wildman–Crippen MR) is 107 cm³/mol. The van der Waals surface area contributed by atoms with Crippen molar-refractivity contribution in [3.8, 4) is 0 Å². The van der Waals surface area contributed by atoms with Crippen LogP contribution < -0.4 is 15.5 Å². The van der Waals surface area contributed by atoms with Crippen LogP contribution in [0, 0.1) is 5.92 Å². The highest BCUT2D eigenvalue weighted by Crippen LogP contribution is 2.19. The Kier molecular flexibility index (Phi) is 6.03. The largest absolute Gasteiger partial charge is 0.367 e. The molecule has 1 aliphatic heterocycles. The highest BCUT2D eigenvalue weighted by atomic mass is 16.2. The molecule has 0 spiro atoms. The van der Waals surface area contributed by atoms with Gasteiger partial charge in [-0.15, -0.1) is 0 Å². The number of hydrogen-bond donors (Lipinski definition) is 2. The van der Waals surface area contributed by atoms with Gasteiger partial charge in [0.25, 0.3) is 0 Å². The summed E-state index contributed by atoms with van der Waals surface area (Å²) in [5, 5.41) is 14.8. The van der Waals surface area contributed by atoms with Crippen LogP contribution in [0.3, 0.4) is 0 Å². The molecule has 2 amide bonds. The van der Waals surface area contributed by atoms with Gasteiger partial charge in [-0.1, -0.05) is 13.8 Å². The summed E-state index contributed by atoms with van der Waals surface area (Å²) >= 11 is 0. The molecule has 27 heavy (non-hydrogen) atoms. The average Bonchev–Trinajstić information content (AvgIpc) is 3.19. The molecule has 1 aliphatic rings. The first kappa shape index (κ1) is 19.3. The minimum atomic E-state index is -0.175. The van der Waals surface area contributed by atoms with Crippen molar-refractivity contribution in [3.05, 3.63) is 24.2 Å². The van der Waals surface area contributed by atoms with E-state index >= 15 is 0 Å². The number of rotatable bonds is 6. The van der Waals surface area contributed by atoms with Gasteiger partial charge in [-0.25, -0.2) is 4.79 Å². The van der Waals surface area contributed by atoms with Crippen molar-refractivity contribution in [2.24, 2.45) is 20.0 Å². The topological polar surface area (TPSA) is 80.0 Å². The highest BCUT2D eigenvalue weighted by molar-refractivity contribution is 5.88. The lowest BCUT2D eigenvalue weighted by molar-refractivity contribution is 0.246. The van der Waals surface area contributed by atoms with Crippen LogP contribution in [0.15, 0.2) is 18.5 Å². The van der Waals surface area contributed by atoms with Gasteiger partial charge < -0.3 is 10.2 Å². The maximum atomic E-state index is 12.5. The fraction of sp³-hybridized carbons (Fsp3) is 0.632. The van der Waals surface area contributed by atoms with Crippen LogP contribution in [0.5, 0.6) is 0 Å². The van der Waals surface area contributed by atoms with E-state index in [1.807, 2.05) is 32.6 Å². The third-order valence-corrected chi connectivity index (χ3v) is 4.96. The minimum Gasteiger partial charge on any atom is -0.367 e. The summed E-state index contributed by atoms with van der Waals surface area (Å²) < 4.78 is 3.54. The van der Waals surface area contributed by atoms with E-state index in [-0.39, 0.29) is 12.1 Å². The monoisotopic (exact) mass is 373 g/mol. The molecule has 3 heterocycles. The average molecular weight is 374 g/mol. The van der Waals surface area contributed by atoms with E-state index in [9.17, 15) is 4.79 Å². The minimum absolute atomic E-state index is 0.118. The molecule has 0 bridgehead atoms. The van der Waals surface area contributed by atoms with Crippen LogP contribution in [0.1, 0.15) is 38.8 Å². The summed E-state index contributed by atoms with van der Waals surface area (Å²) in [6, 6.07) is 1.91. The molecule has 2 aromatic rings. The van der Waals surface area contributed by atoms with Crippen molar-refractivity contribution >= 4 is 17.5 Å². The maximum Gasteiger partial charge on any atom is 0.320 e. The SMILES string of the molecule is CC(C)CCc1cc(NC(=O)NC2CCCN(c3cnn(C)c3)C2)n(C)n1. The molecular weight excluding hydrogens is 342 g/mol. The van der Waals surface area contributed by atoms with E-state index in [0.29, 0.717) is 5.92 Å². The van der Waals surface area contributed by atoms with Crippen LogP contribution in [0.25, 0.3) is 0 Å². The Morgan fingerprint density at radius 1 is 1.37 bits per heavy atom. The molecule has 8 nitrogen and oxygen atoms in total. The van der Waals surface area contributed by atoms with Crippen LogP contribution >= 0.6 is 0 Å². The maximum absolute atomic E-state index is 12.5. The second kappa shape index (κ2) is 8.45. The third-order valence-electron chi connectivity index (χ3n) is 4.96. The zero-order valence-electron chi connectivity index (χ0n) is 16.8. The number of nitrogens with one attached hydrogen (secondary N) is 2. The molecule has 1 fully saturated rings. The number of nitrogens with zero attached hydrogens (tertiary/aromatic N) is 5. The molecule has 1 saturated heterocycles. The van der Waals surface area contributed by atoms with Gasteiger partial charge in [-0.05, 0) is 31.6 Å². The Balaban J connectivity index is 1.53. The number of piperidine rings is 1. The molecular formula is C19H31N7O. The Hall–Kier alpha value is -2.51. The van der Waals surface area contributed by atoms with E-state index in [4.69, 9.17) is 0 Å². The van der Waals surface area contributed by atoms with Crippen molar-refractivity contribution < 1.29 is 4.79 Å². The van der Waals surface area contributed by atoms with E-state index < -0.39 is 0 Å². The number of hydrogen-bond acceptors (Lipinski definition) is 4. The molecule has 148 valence electrons. The number of aryl methyl sites for hydroxylation is 3. The van der Waals surface area contributed by atoms with Gasteiger partial charge in [0, 0.05) is 45.5 Å². The molecule has 8 heteroatoms. The Morgan fingerprint density at radius 3 is 2.89 bits per heavy atom. The van der Waals surface area contributed by atoms with Gasteiger partial charge >= 0.3 is 6.03 Å². The zero-order valence-corrected chi connectivity index (χ0v) is 16.8. The number of carbonyl (C=O) groups is 1.